The number of aromatic nitrogens is 2. The maximum Gasteiger partial charge on any atom is 0.261 e. The van der Waals surface area contributed by atoms with E-state index in [1.807, 2.05) is 38.1 Å². The van der Waals surface area contributed by atoms with Crippen LogP contribution in [0.3, 0.4) is 0 Å². The van der Waals surface area contributed by atoms with Crippen LogP contribution < -0.4 is 10.2 Å². The number of rotatable bonds is 6. The van der Waals surface area contributed by atoms with Gasteiger partial charge in [-0.3, -0.25) is 4.79 Å². The molecule has 1 aromatic carbocycles. The molecule has 114 valence electrons. The first-order chi connectivity index (χ1) is 10.7. The molecule has 2 aromatic rings. The third-order valence-corrected chi connectivity index (χ3v) is 3.18. The molecule has 22 heavy (non-hydrogen) atoms. The van der Waals surface area contributed by atoms with Gasteiger partial charge in [0, 0.05) is 31.2 Å². The molecule has 0 radical (unpaired) electrons. The lowest BCUT2D eigenvalue weighted by Gasteiger charge is -2.21. The van der Waals surface area contributed by atoms with Crippen molar-refractivity contribution >= 4 is 17.5 Å². The number of carbonyl (C=O) groups is 1. The average Bonchev–Trinajstić information content (AvgIpc) is 2.54. The van der Waals surface area contributed by atoms with Gasteiger partial charge >= 0.3 is 0 Å². The van der Waals surface area contributed by atoms with Gasteiger partial charge < -0.3 is 10.2 Å². The van der Waals surface area contributed by atoms with Crippen molar-refractivity contribution in [2.45, 2.75) is 13.8 Å². The molecular weight excluding hydrogens is 276 g/mol. The number of carbonyl (C=O) groups excluding carboxylic acids is 1. The molecule has 0 aliphatic carbocycles. The van der Waals surface area contributed by atoms with Gasteiger partial charge in [0.15, 0.2) is 0 Å². The number of nitrogens with one attached hydrogen (secondary N) is 1. The molecule has 0 bridgehead atoms. The Morgan fingerprint density at radius 3 is 2.68 bits per heavy atom. The lowest BCUT2D eigenvalue weighted by molar-refractivity contribution is 0.0987. The van der Waals surface area contributed by atoms with Crippen molar-refractivity contribution in [2.75, 3.05) is 23.3 Å². The summed E-state index contributed by atoms with van der Waals surface area (Å²) in [5.74, 6) is 0.374. The Labute approximate surface area is 130 Å². The van der Waals surface area contributed by atoms with Crippen molar-refractivity contribution < 1.29 is 4.79 Å². The zero-order valence-electron chi connectivity index (χ0n) is 12.9. The van der Waals surface area contributed by atoms with Gasteiger partial charge in [-0.25, -0.2) is 9.97 Å². The Balaban J connectivity index is 2.19. The molecule has 0 saturated heterocycles. The van der Waals surface area contributed by atoms with Gasteiger partial charge in [-0.15, -0.1) is 6.58 Å². The summed E-state index contributed by atoms with van der Waals surface area (Å²) in [7, 11) is 0. The number of aryl methyl sites for hydroxylation is 1. The van der Waals surface area contributed by atoms with E-state index in [9.17, 15) is 4.79 Å². The minimum Gasteiger partial charge on any atom is -0.351 e. The fraction of sp³-hybridized carbons (Fsp3) is 0.235. The number of anilines is 2. The monoisotopic (exact) mass is 296 g/mol. The minimum atomic E-state index is -0.108. The van der Waals surface area contributed by atoms with Crippen LogP contribution in [-0.2, 0) is 0 Å². The lowest BCUT2D eigenvalue weighted by Crippen LogP contribution is -2.30. The molecule has 1 heterocycles. The predicted octanol–water partition coefficient (Wildman–Crippen LogP) is 3.05. The van der Waals surface area contributed by atoms with Crippen molar-refractivity contribution in [3.8, 4) is 0 Å². The summed E-state index contributed by atoms with van der Waals surface area (Å²) < 4.78 is 0. The predicted molar refractivity (Wildman–Crippen MR) is 89.2 cm³/mol. The van der Waals surface area contributed by atoms with Crippen LogP contribution in [-0.4, -0.2) is 29.0 Å². The van der Waals surface area contributed by atoms with E-state index in [-0.39, 0.29) is 5.91 Å². The van der Waals surface area contributed by atoms with E-state index >= 15 is 0 Å². The van der Waals surface area contributed by atoms with Crippen LogP contribution >= 0.6 is 0 Å². The summed E-state index contributed by atoms with van der Waals surface area (Å²) in [6, 6.07) is 7.86. The number of hydrogen-bond acceptors (Lipinski definition) is 4. The minimum absolute atomic E-state index is 0.108. The number of nitrogens with zero attached hydrogens (tertiary/aromatic N) is 3. The Kier molecular flexibility index (Phi) is 5.25. The normalized spacial score (nSPS) is 10.1. The highest BCUT2D eigenvalue weighted by molar-refractivity contribution is 6.05. The van der Waals surface area contributed by atoms with Crippen LogP contribution in [0.4, 0.5) is 11.6 Å². The first-order valence-electron chi connectivity index (χ1n) is 7.21. The molecule has 2 rings (SSSR count). The summed E-state index contributed by atoms with van der Waals surface area (Å²) in [4.78, 5) is 22.6. The van der Waals surface area contributed by atoms with Gasteiger partial charge in [0.05, 0.1) is 5.56 Å². The zero-order valence-corrected chi connectivity index (χ0v) is 12.9. The van der Waals surface area contributed by atoms with Gasteiger partial charge in [-0.2, -0.15) is 0 Å². The first-order valence-corrected chi connectivity index (χ1v) is 7.21. The Morgan fingerprint density at radius 1 is 1.36 bits per heavy atom. The zero-order chi connectivity index (χ0) is 15.9. The molecule has 0 saturated carbocycles. The number of benzene rings is 1. The molecule has 1 amide bonds. The molecule has 0 aliphatic rings. The van der Waals surface area contributed by atoms with Gasteiger partial charge in [0.25, 0.3) is 5.91 Å². The summed E-state index contributed by atoms with van der Waals surface area (Å²) in [5, 5.41) is 2.98. The molecule has 0 fully saturated rings. The summed E-state index contributed by atoms with van der Waals surface area (Å²) in [6.07, 6.45) is 4.80. The second kappa shape index (κ2) is 7.36. The fourth-order valence-electron chi connectivity index (χ4n) is 2.09. The maximum absolute atomic E-state index is 12.6. The second-order valence-corrected chi connectivity index (χ2v) is 4.85. The quantitative estimate of drug-likeness (QED) is 0.832. The van der Waals surface area contributed by atoms with Gasteiger partial charge in [0.1, 0.15) is 0 Å². The van der Waals surface area contributed by atoms with Crippen molar-refractivity contribution in [1.82, 2.24) is 9.97 Å². The SMILES string of the molecule is C=CCNc1ncc(C(=O)N(CC)c2cccc(C)c2)cn1. The summed E-state index contributed by atoms with van der Waals surface area (Å²) >= 11 is 0. The van der Waals surface area contributed by atoms with Gasteiger partial charge in [-0.05, 0) is 31.5 Å². The largest absolute Gasteiger partial charge is 0.351 e. The molecule has 5 nitrogen and oxygen atoms in total. The third kappa shape index (κ3) is 3.69. The van der Waals surface area contributed by atoms with E-state index < -0.39 is 0 Å². The molecule has 0 aliphatic heterocycles. The van der Waals surface area contributed by atoms with Crippen LogP contribution in [0.5, 0.6) is 0 Å². The summed E-state index contributed by atoms with van der Waals surface area (Å²) in [6.45, 7) is 8.73. The highest BCUT2D eigenvalue weighted by atomic mass is 16.2. The maximum atomic E-state index is 12.6. The molecule has 1 aromatic heterocycles. The van der Waals surface area contributed by atoms with Crippen molar-refractivity contribution in [1.29, 1.82) is 0 Å². The highest BCUT2D eigenvalue weighted by Gasteiger charge is 2.17. The average molecular weight is 296 g/mol. The Hall–Kier alpha value is -2.69. The van der Waals surface area contributed by atoms with E-state index in [1.54, 1.807) is 23.4 Å². The molecule has 0 spiro atoms. The Bertz CT molecular complexity index is 652. The first kappa shape index (κ1) is 15.7. The van der Waals surface area contributed by atoms with E-state index in [4.69, 9.17) is 0 Å². The molecular formula is C17H20N4O. The van der Waals surface area contributed by atoms with Crippen LogP contribution in [0.25, 0.3) is 0 Å². The number of hydrogen-bond donors (Lipinski definition) is 1. The van der Waals surface area contributed by atoms with E-state index in [0.29, 0.717) is 24.6 Å². The van der Waals surface area contributed by atoms with Crippen molar-refractivity contribution in [3.05, 3.63) is 60.4 Å². The van der Waals surface area contributed by atoms with Crippen LogP contribution in [0.2, 0.25) is 0 Å². The smallest absolute Gasteiger partial charge is 0.261 e. The third-order valence-electron chi connectivity index (χ3n) is 3.18. The molecule has 0 unspecified atom stereocenters. The van der Waals surface area contributed by atoms with Crippen molar-refractivity contribution in [2.24, 2.45) is 0 Å². The molecule has 1 N–H and O–H groups in total. The lowest BCUT2D eigenvalue weighted by atomic mass is 10.2. The molecule has 0 atom stereocenters. The van der Waals surface area contributed by atoms with Crippen molar-refractivity contribution in [3.63, 3.8) is 0 Å². The highest BCUT2D eigenvalue weighted by Crippen LogP contribution is 2.18. The fourth-order valence-corrected chi connectivity index (χ4v) is 2.09. The van der Waals surface area contributed by atoms with Gasteiger partial charge in [-0.1, -0.05) is 18.2 Å². The van der Waals surface area contributed by atoms with E-state index in [2.05, 4.69) is 21.9 Å². The topological polar surface area (TPSA) is 58.1 Å². The van der Waals surface area contributed by atoms with Crippen LogP contribution in [0, 0.1) is 6.92 Å². The Morgan fingerprint density at radius 2 is 2.09 bits per heavy atom. The second-order valence-electron chi connectivity index (χ2n) is 4.85. The van der Waals surface area contributed by atoms with E-state index in [0.717, 1.165) is 11.3 Å². The summed E-state index contributed by atoms with van der Waals surface area (Å²) in [5.41, 5.74) is 2.46. The molecule has 5 heteroatoms. The van der Waals surface area contributed by atoms with Crippen LogP contribution in [0.15, 0.2) is 49.3 Å². The van der Waals surface area contributed by atoms with E-state index in [1.165, 1.54) is 0 Å². The van der Waals surface area contributed by atoms with Gasteiger partial charge in [0.2, 0.25) is 5.95 Å². The number of amides is 1. The standard InChI is InChI=1S/C17H20N4O/c1-4-9-18-17-19-11-14(12-20-17)16(22)21(5-2)15-8-6-7-13(3)10-15/h4,6-8,10-12H,1,5,9H2,2-3H3,(H,18,19,20). The van der Waals surface area contributed by atoms with Crippen LogP contribution in [0.1, 0.15) is 22.8 Å².